The second-order valence-corrected chi connectivity index (χ2v) is 10.1. The van der Waals surface area contributed by atoms with Crippen LogP contribution < -0.4 is 5.32 Å². The zero-order valence-corrected chi connectivity index (χ0v) is 20.3. The van der Waals surface area contributed by atoms with Crippen molar-refractivity contribution in [3.63, 3.8) is 0 Å². The topological polar surface area (TPSA) is 118 Å². The van der Waals surface area contributed by atoms with Crippen LogP contribution in [0.3, 0.4) is 0 Å². The second-order valence-electron chi connectivity index (χ2n) is 8.21. The van der Waals surface area contributed by atoms with Crippen LogP contribution in [0.5, 0.6) is 0 Å². The number of aliphatic hydroxyl groups excluding tert-OH is 1. The van der Waals surface area contributed by atoms with Crippen LogP contribution in [0.25, 0.3) is 10.6 Å². The maximum absolute atomic E-state index is 13.0. The Kier molecular flexibility index (Phi) is 6.26. The lowest BCUT2D eigenvalue weighted by Gasteiger charge is -2.31. The average Bonchev–Trinajstić information content (AvgIpc) is 3.51. The zero-order valence-electron chi connectivity index (χ0n) is 18.6. The fraction of sp³-hybridized carbons (Fsp3) is 0.348. The molecule has 2 atom stereocenters. The first-order valence-electron chi connectivity index (χ1n) is 10.8. The number of hydrogen-bond donors (Lipinski definition) is 2. The highest BCUT2D eigenvalue weighted by atomic mass is 32.1. The van der Waals surface area contributed by atoms with Crippen molar-refractivity contribution in [3.8, 4) is 10.6 Å². The number of methoxy groups -OCH3 is 1. The third-order valence-electron chi connectivity index (χ3n) is 5.70. The van der Waals surface area contributed by atoms with E-state index in [1.165, 1.54) is 22.7 Å². The minimum Gasteiger partial charge on any atom is -0.386 e. The summed E-state index contributed by atoms with van der Waals surface area (Å²) in [6.07, 6.45) is 4.35. The van der Waals surface area contributed by atoms with Gasteiger partial charge in [0.25, 0.3) is 5.91 Å². The van der Waals surface area contributed by atoms with Crippen molar-refractivity contribution in [1.82, 2.24) is 19.9 Å². The third kappa shape index (κ3) is 4.39. The lowest BCUT2D eigenvalue weighted by Crippen LogP contribution is -2.41. The first kappa shape index (κ1) is 22.8. The van der Waals surface area contributed by atoms with Gasteiger partial charge in [-0.3, -0.25) is 9.59 Å². The van der Waals surface area contributed by atoms with E-state index in [2.05, 4.69) is 20.3 Å². The van der Waals surface area contributed by atoms with Gasteiger partial charge in [0.1, 0.15) is 22.7 Å². The van der Waals surface area contributed by atoms with Gasteiger partial charge in [-0.2, -0.15) is 0 Å². The lowest BCUT2D eigenvalue weighted by atomic mass is 10.0. The maximum atomic E-state index is 13.0. The second kappa shape index (κ2) is 9.34. The Morgan fingerprint density at radius 1 is 1.38 bits per heavy atom. The molecule has 0 radical (unpaired) electrons. The average molecular weight is 498 g/mol. The molecule has 1 amide bonds. The molecule has 2 N–H and O–H groups in total. The van der Waals surface area contributed by atoms with Crippen LogP contribution in [0, 0.1) is 0 Å². The predicted octanol–water partition coefficient (Wildman–Crippen LogP) is 4.07. The number of ether oxygens (including phenoxy) is 1. The Morgan fingerprint density at radius 3 is 2.94 bits per heavy atom. The normalized spacial score (nSPS) is 18.2. The van der Waals surface area contributed by atoms with E-state index in [1.807, 2.05) is 11.5 Å². The number of fused-ring (bicyclic) bond motifs is 2. The van der Waals surface area contributed by atoms with Gasteiger partial charge >= 0.3 is 0 Å². The van der Waals surface area contributed by atoms with Gasteiger partial charge in [0.15, 0.2) is 5.13 Å². The molecule has 3 aromatic heterocycles. The van der Waals surface area contributed by atoms with Crippen LogP contribution in [-0.4, -0.2) is 49.8 Å². The molecule has 0 saturated carbocycles. The minimum absolute atomic E-state index is 0.0700. The van der Waals surface area contributed by atoms with Gasteiger partial charge in [0.2, 0.25) is 0 Å². The van der Waals surface area contributed by atoms with Crippen molar-refractivity contribution in [2.75, 3.05) is 12.4 Å². The Morgan fingerprint density at radius 2 is 2.24 bits per heavy atom. The molecule has 5 rings (SSSR count). The van der Waals surface area contributed by atoms with Gasteiger partial charge in [-0.05, 0) is 25.5 Å². The molecule has 2 bridgehead atoms. The number of hydrogen-bond acceptors (Lipinski definition) is 10. The molecular formula is C23H23N5O4S2. The summed E-state index contributed by atoms with van der Waals surface area (Å²) in [7, 11) is 1.60. The summed E-state index contributed by atoms with van der Waals surface area (Å²) in [6.45, 7) is 2.01. The van der Waals surface area contributed by atoms with E-state index in [4.69, 9.17) is 4.74 Å². The number of rotatable bonds is 7. The number of amides is 1. The first-order valence-corrected chi connectivity index (χ1v) is 12.5. The highest BCUT2D eigenvalue weighted by molar-refractivity contribution is 7.17. The summed E-state index contributed by atoms with van der Waals surface area (Å²) in [4.78, 5) is 40.9. The number of thiazole rings is 2. The number of nitrogens with zero attached hydrogens (tertiary/aromatic N) is 4. The maximum Gasteiger partial charge on any atom is 0.259 e. The van der Waals surface area contributed by atoms with Crippen molar-refractivity contribution < 1.29 is 19.4 Å². The molecule has 5 heterocycles. The number of Topliss-reactive ketones (excluding diaryl/α,β-unsaturated/α-hetero) is 1. The Labute approximate surface area is 204 Å². The van der Waals surface area contributed by atoms with Gasteiger partial charge in [0, 0.05) is 43.3 Å². The van der Waals surface area contributed by atoms with E-state index in [0.717, 1.165) is 28.4 Å². The number of anilines is 2. The molecule has 0 spiro atoms. The number of carbonyl (C=O) groups is 2. The summed E-state index contributed by atoms with van der Waals surface area (Å²) in [6, 6.07) is 3.41. The lowest BCUT2D eigenvalue weighted by molar-refractivity contribution is -0.120. The van der Waals surface area contributed by atoms with E-state index < -0.39 is 6.10 Å². The molecule has 176 valence electrons. The third-order valence-corrected chi connectivity index (χ3v) is 7.74. The summed E-state index contributed by atoms with van der Waals surface area (Å²) in [5.41, 5.74) is 2.78. The number of allylic oxidation sites excluding steroid dienone is 1. The predicted molar refractivity (Wildman–Crippen MR) is 129 cm³/mol. The number of piperidine rings is 1. The number of aliphatic hydroxyl groups is 1. The zero-order chi connectivity index (χ0) is 23.8. The summed E-state index contributed by atoms with van der Waals surface area (Å²) in [5, 5.41) is 16.2. The van der Waals surface area contributed by atoms with Crippen LogP contribution >= 0.6 is 22.7 Å². The molecule has 1 unspecified atom stereocenters. The first-order chi connectivity index (χ1) is 16.4. The van der Waals surface area contributed by atoms with E-state index in [1.54, 1.807) is 37.3 Å². The Hall–Kier alpha value is -2.99. The number of ketones is 1. The highest BCUT2D eigenvalue weighted by Crippen LogP contribution is 2.36. The number of nitrogens with one attached hydrogen (secondary N) is 1. The van der Waals surface area contributed by atoms with Gasteiger partial charge in [-0.1, -0.05) is 6.08 Å². The van der Waals surface area contributed by atoms with Crippen molar-refractivity contribution in [2.24, 2.45) is 0 Å². The largest absolute Gasteiger partial charge is 0.386 e. The van der Waals surface area contributed by atoms with E-state index >= 15 is 0 Å². The quantitative estimate of drug-likeness (QED) is 0.502. The summed E-state index contributed by atoms with van der Waals surface area (Å²) >= 11 is 2.82. The minimum atomic E-state index is -0.659. The van der Waals surface area contributed by atoms with Crippen molar-refractivity contribution in [2.45, 2.75) is 44.9 Å². The Bertz CT molecular complexity index is 1260. The van der Waals surface area contributed by atoms with Gasteiger partial charge in [-0.25, -0.2) is 15.0 Å². The van der Waals surface area contributed by atoms with Crippen LogP contribution in [0.1, 0.15) is 53.3 Å². The summed E-state index contributed by atoms with van der Waals surface area (Å²) < 4.78 is 5.24. The van der Waals surface area contributed by atoms with Crippen molar-refractivity contribution in [3.05, 3.63) is 51.7 Å². The monoisotopic (exact) mass is 497 g/mol. The van der Waals surface area contributed by atoms with Gasteiger partial charge < -0.3 is 20.1 Å². The molecule has 9 nitrogen and oxygen atoms in total. The molecular weight excluding hydrogens is 474 g/mol. The molecule has 2 aliphatic heterocycles. The fourth-order valence-corrected chi connectivity index (χ4v) is 5.89. The van der Waals surface area contributed by atoms with E-state index in [9.17, 15) is 14.7 Å². The molecule has 1 fully saturated rings. The molecule has 34 heavy (non-hydrogen) atoms. The molecule has 3 aromatic rings. The van der Waals surface area contributed by atoms with E-state index in [0.29, 0.717) is 41.0 Å². The van der Waals surface area contributed by atoms with Crippen LogP contribution in [-0.2, 0) is 16.1 Å². The van der Waals surface area contributed by atoms with Gasteiger partial charge in [-0.15, -0.1) is 22.7 Å². The molecule has 11 heteroatoms. The molecule has 1 saturated heterocycles. The van der Waals surface area contributed by atoms with Crippen molar-refractivity contribution >= 4 is 45.3 Å². The number of carbonyl (C=O) groups excluding carboxylic acids is 2. The molecule has 0 aromatic carbocycles. The standard InChI is InChI=1S/C23H23N5O4S2/c1-12(29)21-25-17(10-32-2)20(34-21)18-11-33-23(26-18)27-19-6-3-13(9-24-19)22(31)28-14-4-5-15(28)8-16(30)7-14/h3-4,6,9,11-12,15,29H,5,7-8,10H2,1-2H3,(H,24,26,27)/t12?,15-/m1/s1. The molecule has 0 aliphatic carbocycles. The molecule has 2 aliphatic rings. The van der Waals surface area contributed by atoms with Crippen LogP contribution in [0.4, 0.5) is 10.9 Å². The number of aromatic nitrogens is 3. The van der Waals surface area contributed by atoms with Crippen LogP contribution in [0.2, 0.25) is 0 Å². The smallest absolute Gasteiger partial charge is 0.259 e. The Balaban J connectivity index is 1.29. The van der Waals surface area contributed by atoms with Crippen LogP contribution in [0.15, 0.2) is 35.5 Å². The van der Waals surface area contributed by atoms with Gasteiger partial charge in [0.05, 0.1) is 28.4 Å². The highest BCUT2D eigenvalue weighted by Gasteiger charge is 2.38. The number of pyridine rings is 1. The van der Waals surface area contributed by atoms with E-state index in [-0.39, 0.29) is 17.7 Å². The van der Waals surface area contributed by atoms with Crippen molar-refractivity contribution in [1.29, 1.82) is 0 Å². The summed E-state index contributed by atoms with van der Waals surface area (Å²) in [5.74, 6) is 0.634. The fourth-order valence-electron chi connectivity index (χ4n) is 4.14. The SMILES string of the molecule is COCc1nc(C(C)O)sc1-c1csc(Nc2ccc(C(=O)N3C4=CC[C@@H]3CC(=O)C4)cn2)n1.